The molecule has 0 heterocycles. The standard InChI is InChI=1S/C21H20Cl2FNO2/c22-21(23)12-13-26-20-6-2-3-17-18(20)4-1-5-19(17)25-27-14-11-15-7-9-16(24)10-8-15/h2-3,6-10,12H,1,4-5,11,13-14H2/b25-19+. The van der Waals surface area contributed by atoms with Gasteiger partial charge in [0.15, 0.2) is 0 Å². The summed E-state index contributed by atoms with van der Waals surface area (Å²) in [5, 5.41) is 4.34. The van der Waals surface area contributed by atoms with E-state index in [1.165, 1.54) is 12.1 Å². The van der Waals surface area contributed by atoms with Crippen LogP contribution in [0, 0.1) is 5.82 Å². The molecule has 0 atom stereocenters. The van der Waals surface area contributed by atoms with Crippen LogP contribution in [-0.2, 0) is 17.7 Å². The highest BCUT2D eigenvalue weighted by Crippen LogP contribution is 2.30. The number of oxime groups is 1. The molecule has 0 aliphatic heterocycles. The molecule has 3 rings (SSSR count). The van der Waals surface area contributed by atoms with E-state index in [4.69, 9.17) is 32.8 Å². The van der Waals surface area contributed by atoms with Crippen LogP contribution in [0.2, 0.25) is 0 Å². The maximum absolute atomic E-state index is 12.9. The van der Waals surface area contributed by atoms with E-state index in [9.17, 15) is 4.39 Å². The van der Waals surface area contributed by atoms with Crippen molar-refractivity contribution in [3.8, 4) is 5.75 Å². The van der Waals surface area contributed by atoms with E-state index in [2.05, 4.69) is 5.16 Å². The van der Waals surface area contributed by atoms with Crippen molar-refractivity contribution in [2.75, 3.05) is 13.2 Å². The molecule has 0 amide bonds. The zero-order valence-corrected chi connectivity index (χ0v) is 16.3. The lowest BCUT2D eigenvalue weighted by Crippen LogP contribution is -2.14. The fourth-order valence-corrected chi connectivity index (χ4v) is 3.15. The van der Waals surface area contributed by atoms with Gasteiger partial charge in [0, 0.05) is 17.5 Å². The molecule has 1 aliphatic carbocycles. The molecule has 0 saturated carbocycles. The third kappa shape index (κ3) is 5.72. The number of hydrogen-bond acceptors (Lipinski definition) is 3. The van der Waals surface area contributed by atoms with Crippen molar-refractivity contribution in [1.29, 1.82) is 0 Å². The van der Waals surface area contributed by atoms with Crippen LogP contribution in [0.1, 0.15) is 29.5 Å². The Hall–Kier alpha value is -2.04. The van der Waals surface area contributed by atoms with Crippen LogP contribution in [-0.4, -0.2) is 18.9 Å². The predicted octanol–water partition coefficient (Wildman–Crippen LogP) is 5.82. The molecular formula is C21H20Cl2FNO2. The van der Waals surface area contributed by atoms with E-state index in [0.29, 0.717) is 19.6 Å². The van der Waals surface area contributed by atoms with E-state index in [0.717, 1.165) is 47.4 Å². The largest absolute Gasteiger partial charge is 0.489 e. The summed E-state index contributed by atoms with van der Waals surface area (Å²) in [6.07, 6.45) is 5.07. The SMILES string of the molecule is Fc1ccc(CCO/N=C2\CCCc3c(OCC=C(Cl)Cl)cccc32)cc1. The molecule has 0 spiro atoms. The molecule has 0 radical (unpaired) electrons. The molecule has 3 nitrogen and oxygen atoms in total. The number of ether oxygens (including phenoxy) is 1. The Balaban J connectivity index is 1.63. The first-order chi connectivity index (χ1) is 13.1. The summed E-state index contributed by atoms with van der Waals surface area (Å²) >= 11 is 11.3. The lowest BCUT2D eigenvalue weighted by Gasteiger charge is -2.20. The first-order valence-corrected chi connectivity index (χ1v) is 9.58. The molecule has 2 aromatic carbocycles. The summed E-state index contributed by atoms with van der Waals surface area (Å²) < 4.78 is 18.9. The molecule has 142 valence electrons. The number of rotatable bonds is 7. The monoisotopic (exact) mass is 407 g/mol. The minimum absolute atomic E-state index is 0.191. The van der Waals surface area contributed by atoms with E-state index in [-0.39, 0.29) is 10.3 Å². The number of benzene rings is 2. The summed E-state index contributed by atoms with van der Waals surface area (Å²) in [6.45, 7) is 0.763. The second-order valence-electron chi connectivity index (χ2n) is 6.19. The van der Waals surface area contributed by atoms with E-state index in [1.807, 2.05) is 18.2 Å². The molecule has 2 aromatic rings. The summed E-state index contributed by atoms with van der Waals surface area (Å²) in [4.78, 5) is 5.53. The normalized spacial score (nSPS) is 14.6. The van der Waals surface area contributed by atoms with Gasteiger partial charge in [-0.25, -0.2) is 4.39 Å². The molecule has 0 saturated heterocycles. The fourth-order valence-electron chi connectivity index (χ4n) is 3.02. The maximum Gasteiger partial charge on any atom is 0.123 e. The number of fused-ring (bicyclic) bond motifs is 1. The Morgan fingerprint density at radius 1 is 1.11 bits per heavy atom. The third-order valence-corrected chi connectivity index (χ3v) is 4.64. The average molecular weight is 408 g/mol. The number of hydrogen-bond donors (Lipinski definition) is 0. The van der Waals surface area contributed by atoms with Crippen LogP contribution in [0.15, 0.2) is 58.2 Å². The summed E-state index contributed by atoms with van der Waals surface area (Å²) in [5.41, 5.74) is 4.12. The topological polar surface area (TPSA) is 30.8 Å². The lowest BCUT2D eigenvalue weighted by molar-refractivity contribution is 0.147. The minimum Gasteiger partial charge on any atom is -0.489 e. The second kappa shape index (κ2) is 9.77. The Bertz CT molecular complexity index is 831. The van der Waals surface area contributed by atoms with Crippen LogP contribution in [0.4, 0.5) is 4.39 Å². The van der Waals surface area contributed by atoms with Gasteiger partial charge in [-0.3, -0.25) is 0 Å². The Kier molecular flexibility index (Phi) is 7.13. The smallest absolute Gasteiger partial charge is 0.123 e. The van der Waals surface area contributed by atoms with E-state index in [1.54, 1.807) is 18.2 Å². The van der Waals surface area contributed by atoms with Crippen molar-refractivity contribution < 1.29 is 14.0 Å². The molecule has 6 heteroatoms. The molecule has 1 aliphatic rings. The summed E-state index contributed by atoms with van der Waals surface area (Å²) in [7, 11) is 0. The molecule has 0 N–H and O–H groups in total. The maximum atomic E-state index is 12.9. The van der Waals surface area contributed by atoms with Gasteiger partial charge in [0.05, 0.1) is 5.71 Å². The first-order valence-electron chi connectivity index (χ1n) is 8.83. The van der Waals surface area contributed by atoms with Crippen LogP contribution in [0.3, 0.4) is 0 Å². The number of halogens is 3. The summed E-state index contributed by atoms with van der Waals surface area (Å²) in [6, 6.07) is 12.3. The highest BCUT2D eigenvalue weighted by molar-refractivity contribution is 6.55. The molecule has 0 bridgehead atoms. The van der Waals surface area contributed by atoms with Crippen LogP contribution in [0.5, 0.6) is 5.75 Å². The van der Waals surface area contributed by atoms with Crippen molar-refractivity contribution >= 4 is 28.9 Å². The van der Waals surface area contributed by atoms with Crippen LogP contribution >= 0.6 is 23.2 Å². The van der Waals surface area contributed by atoms with Gasteiger partial charge in [-0.05, 0) is 49.1 Å². The quantitative estimate of drug-likeness (QED) is 0.427. The Labute approximate surface area is 168 Å². The third-order valence-electron chi connectivity index (χ3n) is 4.33. The van der Waals surface area contributed by atoms with Gasteiger partial charge in [-0.2, -0.15) is 0 Å². The molecular weight excluding hydrogens is 388 g/mol. The van der Waals surface area contributed by atoms with Crippen molar-refractivity contribution in [3.05, 3.63) is 75.5 Å². The van der Waals surface area contributed by atoms with Crippen LogP contribution in [0.25, 0.3) is 0 Å². The van der Waals surface area contributed by atoms with Crippen molar-refractivity contribution in [2.45, 2.75) is 25.7 Å². The molecule has 0 fully saturated rings. The predicted molar refractivity (Wildman–Crippen MR) is 107 cm³/mol. The summed E-state index contributed by atoms with van der Waals surface area (Å²) in [5.74, 6) is 0.581. The second-order valence-corrected chi connectivity index (χ2v) is 7.20. The Morgan fingerprint density at radius 2 is 1.93 bits per heavy atom. The fraction of sp³-hybridized carbons (Fsp3) is 0.286. The zero-order chi connectivity index (χ0) is 19.1. The van der Waals surface area contributed by atoms with Crippen molar-refractivity contribution in [1.82, 2.24) is 0 Å². The molecule has 0 unspecified atom stereocenters. The van der Waals surface area contributed by atoms with Gasteiger partial charge in [-0.15, -0.1) is 0 Å². The van der Waals surface area contributed by atoms with Crippen LogP contribution < -0.4 is 4.74 Å². The molecule has 0 aromatic heterocycles. The zero-order valence-electron chi connectivity index (χ0n) is 14.8. The Morgan fingerprint density at radius 3 is 2.70 bits per heavy atom. The van der Waals surface area contributed by atoms with Gasteiger partial charge in [0.25, 0.3) is 0 Å². The highest BCUT2D eigenvalue weighted by atomic mass is 35.5. The minimum atomic E-state index is -0.236. The van der Waals surface area contributed by atoms with Crippen molar-refractivity contribution in [3.63, 3.8) is 0 Å². The lowest BCUT2D eigenvalue weighted by atomic mass is 9.89. The van der Waals surface area contributed by atoms with E-state index >= 15 is 0 Å². The molecule has 27 heavy (non-hydrogen) atoms. The highest BCUT2D eigenvalue weighted by Gasteiger charge is 2.19. The van der Waals surface area contributed by atoms with Gasteiger partial charge in [0.2, 0.25) is 0 Å². The van der Waals surface area contributed by atoms with Crippen molar-refractivity contribution in [2.24, 2.45) is 5.16 Å². The van der Waals surface area contributed by atoms with Gasteiger partial charge in [-0.1, -0.05) is 52.6 Å². The van der Waals surface area contributed by atoms with E-state index < -0.39 is 0 Å². The number of nitrogens with zero attached hydrogens (tertiary/aromatic N) is 1. The van der Waals surface area contributed by atoms with Gasteiger partial charge >= 0.3 is 0 Å². The van der Waals surface area contributed by atoms with Gasteiger partial charge < -0.3 is 9.57 Å². The average Bonchev–Trinajstić information content (AvgIpc) is 2.67. The first kappa shape index (κ1) is 19.7. The van der Waals surface area contributed by atoms with Gasteiger partial charge in [0.1, 0.15) is 29.3 Å².